The Labute approximate surface area is 113 Å². The van der Waals surface area contributed by atoms with Crippen molar-refractivity contribution in [1.29, 1.82) is 0 Å². The number of aromatic nitrogens is 1. The van der Waals surface area contributed by atoms with Gasteiger partial charge < -0.3 is 9.88 Å². The maximum absolute atomic E-state index is 11.3. The zero-order valence-corrected chi connectivity index (χ0v) is 11.2. The van der Waals surface area contributed by atoms with Gasteiger partial charge in [-0.1, -0.05) is 28.9 Å². The minimum atomic E-state index is -0.404. The molecule has 2 rings (SSSR count). The molecule has 0 aliphatic rings. The molecule has 0 radical (unpaired) electrons. The van der Waals surface area contributed by atoms with E-state index in [1.54, 1.807) is 6.07 Å². The molecule has 18 heavy (non-hydrogen) atoms. The van der Waals surface area contributed by atoms with E-state index in [-0.39, 0.29) is 0 Å². The van der Waals surface area contributed by atoms with E-state index in [4.69, 9.17) is 18.0 Å². The minimum absolute atomic E-state index is 0.359. The van der Waals surface area contributed by atoms with Gasteiger partial charge in [0.1, 0.15) is 0 Å². The van der Waals surface area contributed by atoms with Crippen LogP contribution in [0.2, 0.25) is 5.02 Å². The first-order valence-electron chi connectivity index (χ1n) is 5.14. The molecule has 0 spiro atoms. The molecule has 92 valence electrons. The van der Waals surface area contributed by atoms with Crippen molar-refractivity contribution in [3.05, 3.63) is 28.0 Å². The fourth-order valence-corrected chi connectivity index (χ4v) is 2.82. The molecule has 0 atom stereocenters. The molecular weight excluding hydrogens is 270 g/mol. The Morgan fingerprint density at radius 3 is 3.11 bits per heavy atom. The van der Waals surface area contributed by atoms with Crippen molar-refractivity contribution < 1.29 is 4.79 Å². The van der Waals surface area contributed by atoms with Gasteiger partial charge in [-0.05, 0) is 18.2 Å². The van der Waals surface area contributed by atoms with Crippen molar-refractivity contribution in [2.45, 2.75) is 6.54 Å². The van der Waals surface area contributed by atoms with Gasteiger partial charge in [-0.3, -0.25) is 0 Å². The van der Waals surface area contributed by atoms with Gasteiger partial charge in [0.25, 0.3) is 0 Å². The van der Waals surface area contributed by atoms with E-state index in [9.17, 15) is 4.79 Å². The number of halogens is 1. The summed E-state index contributed by atoms with van der Waals surface area (Å²) in [5.74, 6) is 2.55. The summed E-state index contributed by atoms with van der Waals surface area (Å²) in [4.78, 5) is 15.8. The van der Waals surface area contributed by atoms with E-state index in [0.29, 0.717) is 16.4 Å². The number of carbonyl (C=O) groups excluding carboxylic acids is 1. The SMILES string of the molecule is C#CCn1c(=NC(=O)NC)sc2cc(Cl)ccc21. The molecule has 6 heteroatoms. The molecule has 0 fully saturated rings. The van der Waals surface area contributed by atoms with Crippen LogP contribution in [-0.4, -0.2) is 17.6 Å². The minimum Gasteiger partial charge on any atom is -0.339 e. The van der Waals surface area contributed by atoms with E-state index in [1.165, 1.54) is 18.4 Å². The van der Waals surface area contributed by atoms with Crippen LogP contribution in [0.3, 0.4) is 0 Å². The first-order valence-corrected chi connectivity index (χ1v) is 6.34. The van der Waals surface area contributed by atoms with Gasteiger partial charge in [0.05, 0.1) is 16.8 Å². The highest BCUT2D eigenvalue weighted by Crippen LogP contribution is 2.21. The zero-order chi connectivity index (χ0) is 13.1. The first-order chi connectivity index (χ1) is 8.65. The monoisotopic (exact) mass is 279 g/mol. The molecule has 1 heterocycles. The number of nitrogens with one attached hydrogen (secondary N) is 1. The second-order valence-corrected chi connectivity index (χ2v) is 4.90. The van der Waals surface area contributed by atoms with Gasteiger partial charge in [-0.2, -0.15) is 4.99 Å². The van der Waals surface area contributed by atoms with E-state index in [2.05, 4.69) is 16.2 Å². The van der Waals surface area contributed by atoms with Crippen molar-refractivity contribution >= 4 is 39.2 Å². The Hall–Kier alpha value is -1.77. The number of hydrogen-bond acceptors (Lipinski definition) is 2. The van der Waals surface area contributed by atoms with Gasteiger partial charge >= 0.3 is 6.03 Å². The van der Waals surface area contributed by atoms with Crippen LogP contribution < -0.4 is 10.1 Å². The van der Waals surface area contributed by atoms with Crippen LogP contribution in [0.15, 0.2) is 23.2 Å². The fraction of sp³-hybridized carbons (Fsp3) is 0.167. The average molecular weight is 280 g/mol. The summed E-state index contributed by atoms with van der Waals surface area (Å²) in [5.41, 5.74) is 0.921. The van der Waals surface area contributed by atoms with Crippen LogP contribution in [0.25, 0.3) is 10.2 Å². The van der Waals surface area contributed by atoms with E-state index < -0.39 is 6.03 Å². The van der Waals surface area contributed by atoms with Gasteiger partial charge in [0.15, 0.2) is 4.80 Å². The van der Waals surface area contributed by atoms with Gasteiger partial charge in [-0.15, -0.1) is 6.42 Å². The van der Waals surface area contributed by atoms with Crippen molar-refractivity contribution in [1.82, 2.24) is 9.88 Å². The number of carbonyl (C=O) groups is 1. The third kappa shape index (κ3) is 2.40. The molecule has 1 aromatic heterocycles. The van der Waals surface area contributed by atoms with Gasteiger partial charge in [0.2, 0.25) is 0 Å². The van der Waals surface area contributed by atoms with Crippen LogP contribution >= 0.6 is 22.9 Å². The predicted octanol–water partition coefficient (Wildman–Crippen LogP) is 2.23. The molecule has 0 aliphatic heterocycles. The average Bonchev–Trinajstić information content (AvgIpc) is 2.67. The quantitative estimate of drug-likeness (QED) is 0.800. The number of terminal acetylenes is 1. The Bertz CT molecular complexity index is 708. The standard InChI is InChI=1S/C12H10ClN3OS/c1-3-6-16-9-5-4-8(13)7-10(9)18-12(16)15-11(17)14-2/h1,4-5,7H,6H2,2H3,(H,14,17). The third-order valence-electron chi connectivity index (χ3n) is 2.31. The van der Waals surface area contributed by atoms with E-state index >= 15 is 0 Å². The molecule has 0 unspecified atom stereocenters. The Kier molecular flexibility index (Phi) is 3.70. The van der Waals surface area contributed by atoms with Crippen molar-refractivity contribution in [2.75, 3.05) is 7.05 Å². The zero-order valence-electron chi connectivity index (χ0n) is 9.61. The normalized spacial score (nSPS) is 11.5. The van der Waals surface area contributed by atoms with Crippen LogP contribution in [0.1, 0.15) is 0 Å². The lowest BCUT2D eigenvalue weighted by Gasteiger charge is -1.99. The Morgan fingerprint density at radius 2 is 2.44 bits per heavy atom. The summed E-state index contributed by atoms with van der Waals surface area (Å²) in [6.07, 6.45) is 5.34. The lowest BCUT2D eigenvalue weighted by Crippen LogP contribution is -2.21. The second-order valence-electron chi connectivity index (χ2n) is 3.45. The van der Waals surface area contributed by atoms with Crippen molar-refractivity contribution in [2.24, 2.45) is 4.99 Å². The Balaban J connectivity index is 2.73. The van der Waals surface area contributed by atoms with E-state index in [1.807, 2.05) is 16.7 Å². The van der Waals surface area contributed by atoms with Crippen LogP contribution in [0.5, 0.6) is 0 Å². The molecule has 4 nitrogen and oxygen atoms in total. The third-order valence-corrected chi connectivity index (χ3v) is 3.58. The summed E-state index contributed by atoms with van der Waals surface area (Å²) in [6.45, 7) is 0.359. The second kappa shape index (κ2) is 5.25. The summed E-state index contributed by atoms with van der Waals surface area (Å²) in [6, 6.07) is 5.08. The Morgan fingerprint density at radius 1 is 1.67 bits per heavy atom. The highest BCUT2D eigenvalue weighted by Gasteiger charge is 2.06. The van der Waals surface area contributed by atoms with Crippen LogP contribution in [0, 0.1) is 12.3 Å². The number of amides is 2. The maximum atomic E-state index is 11.3. The number of rotatable bonds is 1. The summed E-state index contributed by atoms with van der Waals surface area (Å²) in [7, 11) is 1.53. The van der Waals surface area contributed by atoms with Crippen LogP contribution in [0.4, 0.5) is 4.79 Å². The smallest absolute Gasteiger partial charge is 0.339 e. The van der Waals surface area contributed by atoms with Crippen LogP contribution in [-0.2, 0) is 6.54 Å². The summed E-state index contributed by atoms with van der Waals surface area (Å²) in [5, 5.41) is 3.09. The van der Waals surface area contributed by atoms with Gasteiger partial charge in [0, 0.05) is 12.1 Å². The number of nitrogens with zero attached hydrogens (tertiary/aromatic N) is 2. The van der Waals surface area contributed by atoms with Gasteiger partial charge in [-0.25, -0.2) is 4.79 Å². The fourth-order valence-electron chi connectivity index (χ4n) is 1.52. The number of urea groups is 1. The first kappa shape index (κ1) is 12.7. The molecule has 1 N–H and O–H groups in total. The number of hydrogen-bond donors (Lipinski definition) is 1. The predicted molar refractivity (Wildman–Crippen MR) is 73.7 cm³/mol. The highest BCUT2D eigenvalue weighted by atomic mass is 35.5. The summed E-state index contributed by atoms with van der Waals surface area (Å²) < 4.78 is 2.76. The molecule has 0 saturated carbocycles. The largest absolute Gasteiger partial charge is 0.343 e. The maximum Gasteiger partial charge on any atom is 0.343 e. The summed E-state index contributed by atoms with van der Waals surface area (Å²) >= 11 is 7.31. The van der Waals surface area contributed by atoms with E-state index in [0.717, 1.165) is 10.2 Å². The molecule has 0 saturated heterocycles. The van der Waals surface area contributed by atoms with Crippen molar-refractivity contribution in [3.63, 3.8) is 0 Å². The molecule has 0 aliphatic carbocycles. The topological polar surface area (TPSA) is 46.4 Å². The molecule has 0 bridgehead atoms. The number of thiazole rings is 1. The lowest BCUT2D eigenvalue weighted by molar-refractivity contribution is 0.250. The number of fused-ring (bicyclic) bond motifs is 1. The molecule has 2 aromatic rings. The molecule has 2 amide bonds. The molecular formula is C12H10ClN3OS. The molecule has 1 aromatic carbocycles. The lowest BCUT2D eigenvalue weighted by atomic mass is 10.3. The van der Waals surface area contributed by atoms with Crippen molar-refractivity contribution in [3.8, 4) is 12.3 Å². The number of benzene rings is 1. The highest BCUT2D eigenvalue weighted by molar-refractivity contribution is 7.16.